The van der Waals surface area contributed by atoms with Crippen LogP contribution in [0.5, 0.6) is 0 Å². The van der Waals surface area contributed by atoms with Crippen LogP contribution in [0.15, 0.2) is 52.9 Å². The molecule has 2 aromatic carbocycles. The van der Waals surface area contributed by atoms with E-state index in [1.165, 1.54) is 67.6 Å². The predicted molar refractivity (Wildman–Crippen MR) is 175 cm³/mol. The third-order valence-corrected chi connectivity index (χ3v) is 12.3. The van der Waals surface area contributed by atoms with E-state index < -0.39 is 6.04 Å². The number of allylic oxidation sites excluding steroid dienone is 1. The molecule has 44 heavy (non-hydrogen) atoms. The Labute approximate surface area is 270 Å². The van der Waals surface area contributed by atoms with Crippen molar-refractivity contribution in [2.45, 2.75) is 94.4 Å². The van der Waals surface area contributed by atoms with E-state index in [-0.39, 0.29) is 24.1 Å². The molecular formula is C36H42ClN3O3S. The Morgan fingerprint density at radius 2 is 1.73 bits per heavy atom. The van der Waals surface area contributed by atoms with Gasteiger partial charge >= 0.3 is 0 Å². The molecule has 3 heterocycles. The number of carbonyl (C=O) groups excluding carboxylic acids is 3. The number of rotatable bonds is 6. The third kappa shape index (κ3) is 6.00. The van der Waals surface area contributed by atoms with E-state index in [1.54, 1.807) is 10.5 Å². The zero-order valence-corrected chi connectivity index (χ0v) is 27.4. The van der Waals surface area contributed by atoms with Crippen LogP contribution in [-0.4, -0.2) is 58.4 Å². The van der Waals surface area contributed by atoms with E-state index in [2.05, 4.69) is 48.3 Å². The van der Waals surface area contributed by atoms with E-state index in [0.717, 1.165) is 23.6 Å². The molecule has 8 heteroatoms. The molecule has 5 aliphatic rings. The minimum atomic E-state index is -0.564. The number of carbonyl (C=O) groups is 3. The lowest BCUT2D eigenvalue weighted by atomic mass is 9.63. The fraction of sp³-hybridized carbons (Fsp3) is 0.528. The molecule has 6 nitrogen and oxygen atoms in total. The smallest absolute Gasteiger partial charge is 0.255 e. The monoisotopic (exact) mass is 631 g/mol. The lowest BCUT2D eigenvalue weighted by Crippen LogP contribution is -2.52. The normalized spacial score (nSPS) is 25.3. The fourth-order valence-electron chi connectivity index (χ4n) is 8.13. The first-order chi connectivity index (χ1) is 21.1. The van der Waals surface area contributed by atoms with Gasteiger partial charge in [0.2, 0.25) is 11.8 Å². The maximum atomic E-state index is 13.1. The van der Waals surface area contributed by atoms with Crippen molar-refractivity contribution in [2.24, 2.45) is 10.8 Å². The Morgan fingerprint density at radius 3 is 2.45 bits per heavy atom. The number of nitrogens with one attached hydrogen (secondary N) is 1. The average Bonchev–Trinajstić information content (AvgIpc) is 3.29. The fourth-order valence-corrected chi connectivity index (χ4v) is 9.88. The standard InChI is InChI=1S/C36H42ClN3O3S/c1-35(2)12-11-24(30(20-35)23-3-5-26(37)6-4-23)21-39-15-13-36(14-16-39)18-28(19-36)44-27-7-8-29-25(17-27)22-40(34(29)43)31-9-10-32(41)38-33(31)42/h3-8,17,28,31H,9-16,18-22H2,1-2H3,(H,38,41,42). The first-order valence-corrected chi connectivity index (χ1v) is 17.5. The quantitative estimate of drug-likeness (QED) is 0.345. The molecule has 2 saturated heterocycles. The summed E-state index contributed by atoms with van der Waals surface area (Å²) >= 11 is 8.15. The molecule has 3 amide bonds. The van der Waals surface area contributed by atoms with Crippen LogP contribution in [0, 0.1) is 10.8 Å². The maximum absolute atomic E-state index is 13.1. The summed E-state index contributed by atoms with van der Waals surface area (Å²) in [6.07, 6.45) is 9.31. The number of amides is 3. The number of nitrogens with zero attached hydrogens (tertiary/aromatic N) is 2. The second-order valence-corrected chi connectivity index (χ2v) is 16.4. The summed E-state index contributed by atoms with van der Waals surface area (Å²) < 4.78 is 0. The van der Waals surface area contributed by atoms with Crippen LogP contribution < -0.4 is 5.32 Å². The second-order valence-electron chi connectivity index (χ2n) is 14.6. The van der Waals surface area contributed by atoms with E-state index in [1.807, 2.05) is 30.0 Å². The summed E-state index contributed by atoms with van der Waals surface area (Å²) in [7, 11) is 0. The van der Waals surface area contributed by atoms with E-state index >= 15 is 0 Å². The van der Waals surface area contributed by atoms with Crippen molar-refractivity contribution in [2.75, 3.05) is 19.6 Å². The molecule has 0 bridgehead atoms. The first-order valence-electron chi connectivity index (χ1n) is 16.2. The van der Waals surface area contributed by atoms with Gasteiger partial charge < -0.3 is 4.90 Å². The summed E-state index contributed by atoms with van der Waals surface area (Å²) in [4.78, 5) is 42.5. The lowest BCUT2D eigenvalue weighted by molar-refractivity contribution is -0.136. The highest BCUT2D eigenvalue weighted by molar-refractivity contribution is 8.00. The number of fused-ring (bicyclic) bond motifs is 1. The number of thioether (sulfide) groups is 1. The lowest BCUT2D eigenvalue weighted by Gasteiger charge is -2.52. The van der Waals surface area contributed by atoms with Gasteiger partial charge in [0.1, 0.15) is 6.04 Å². The molecule has 1 atom stereocenters. The number of likely N-dealkylation sites (tertiary alicyclic amines) is 1. The van der Waals surface area contributed by atoms with E-state index in [4.69, 9.17) is 11.6 Å². The van der Waals surface area contributed by atoms with Gasteiger partial charge in [-0.15, -0.1) is 11.8 Å². The van der Waals surface area contributed by atoms with Crippen molar-refractivity contribution < 1.29 is 14.4 Å². The van der Waals surface area contributed by atoms with Gasteiger partial charge in [0.25, 0.3) is 5.91 Å². The van der Waals surface area contributed by atoms with Crippen molar-refractivity contribution in [1.82, 2.24) is 15.1 Å². The molecule has 232 valence electrons. The summed E-state index contributed by atoms with van der Waals surface area (Å²) in [5.74, 6) is -0.718. The Bertz CT molecular complexity index is 1520. The maximum Gasteiger partial charge on any atom is 0.255 e. The van der Waals surface area contributed by atoms with E-state index in [9.17, 15) is 14.4 Å². The van der Waals surface area contributed by atoms with Crippen molar-refractivity contribution >= 4 is 46.7 Å². The van der Waals surface area contributed by atoms with Crippen molar-refractivity contribution in [1.29, 1.82) is 0 Å². The zero-order valence-electron chi connectivity index (χ0n) is 25.8. The minimum absolute atomic E-state index is 0.103. The van der Waals surface area contributed by atoms with Gasteiger partial charge in [-0.25, -0.2) is 0 Å². The van der Waals surface area contributed by atoms with Gasteiger partial charge in [-0.05, 0) is 122 Å². The Balaban J connectivity index is 0.932. The Morgan fingerprint density at radius 1 is 0.977 bits per heavy atom. The van der Waals surface area contributed by atoms with E-state index in [0.29, 0.717) is 34.6 Å². The van der Waals surface area contributed by atoms with Gasteiger partial charge in [0.15, 0.2) is 0 Å². The second kappa shape index (κ2) is 11.6. The van der Waals surface area contributed by atoms with Crippen LogP contribution in [0.25, 0.3) is 5.57 Å². The Kier molecular flexibility index (Phi) is 7.95. The molecule has 2 aromatic rings. The van der Waals surface area contributed by atoms with Crippen LogP contribution in [-0.2, 0) is 16.1 Å². The average molecular weight is 632 g/mol. The number of piperidine rings is 2. The third-order valence-electron chi connectivity index (χ3n) is 10.8. The SMILES string of the molecule is CC1(C)CCC(CN2CCC3(CC2)CC(Sc2ccc4c(c2)CN(C2CCC(=O)NC2=O)C4=O)C3)=C(c2ccc(Cl)cc2)C1. The molecule has 0 aromatic heterocycles. The largest absolute Gasteiger partial charge is 0.322 e. The van der Waals surface area contributed by atoms with Crippen LogP contribution in [0.3, 0.4) is 0 Å². The predicted octanol–water partition coefficient (Wildman–Crippen LogP) is 7.10. The van der Waals surface area contributed by atoms with Crippen LogP contribution in [0.4, 0.5) is 0 Å². The van der Waals surface area contributed by atoms with Crippen LogP contribution in [0.2, 0.25) is 5.02 Å². The van der Waals surface area contributed by atoms with Crippen LogP contribution in [0.1, 0.15) is 93.1 Å². The summed E-state index contributed by atoms with van der Waals surface area (Å²) in [5.41, 5.74) is 6.99. The molecule has 3 aliphatic heterocycles. The molecule has 0 radical (unpaired) electrons. The van der Waals surface area contributed by atoms with Gasteiger partial charge in [-0.1, -0.05) is 43.2 Å². The molecule has 1 unspecified atom stereocenters. The zero-order chi connectivity index (χ0) is 30.6. The van der Waals surface area contributed by atoms with Crippen molar-refractivity contribution in [3.05, 3.63) is 69.8 Å². The molecule has 1 N–H and O–H groups in total. The van der Waals surface area contributed by atoms with Gasteiger partial charge in [-0.3, -0.25) is 24.6 Å². The summed E-state index contributed by atoms with van der Waals surface area (Å²) in [6.45, 7) is 8.67. The highest BCUT2D eigenvalue weighted by Crippen LogP contribution is 2.55. The number of halogens is 1. The first kappa shape index (κ1) is 30.1. The molecule has 3 fully saturated rings. The van der Waals surface area contributed by atoms with Crippen molar-refractivity contribution in [3.63, 3.8) is 0 Å². The molecule has 1 spiro atoms. The van der Waals surface area contributed by atoms with Crippen molar-refractivity contribution in [3.8, 4) is 0 Å². The van der Waals surface area contributed by atoms with Crippen LogP contribution >= 0.6 is 23.4 Å². The van der Waals surface area contributed by atoms with Gasteiger partial charge in [0, 0.05) is 40.2 Å². The molecule has 7 rings (SSSR count). The number of hydrogen-bond acceptors (Lipinski definition) is 5. The Hall–Kier alpha value is -2.61. The summed E-state index contributed by atoms with van der Waals surface area (Å²) in [5, 5.41) is 3.80. The van der Waals surface area contributed by atoms with Gasteiger partial charge in [-0.2, -0.15) is 0 Å². The van der Waals surface area contributed by atoms with Gasteiger partial charge in [0.05, 0.1) is 0 Å². The number of benzene rings is 2. The molecule has 1 saturated carbocycles. The number of hydrogen-bond donors (Lipinski definition) is 1. The highest BCUT2D eigenvalue weighted by atomic mass is 35.5. The highest BCUT2D eigenvalue weighted by Gasteiger charge is 2.46. The summed E-state index contributed by atoms with van der Waals surface area (Å²) in [6, 6.07) is 14.0. The minimum Gasteiger partial charge on any atom is -0.322 e. The molecular weight excluding hydrogens is 590 g/mol. The number of imide groups is 1. The topological polar surface area (TPSA) is 69.7 Å². The molecule has 2 aliphatic carbocycles.